The molecule has 0 spiro atoms. The molecule has 2 heterocycles. The molecule has 1 aliphatic carbocycles. The van der Waals surface area contributed by atoms with Gasteiger partial charge in [-0.1, -0.05) is 19.3 Å². The van der Waals surface area contributed by atoms with Gasteiger partial charge in [0.15, 0.2) is 0 Å². The Kier molecular flexibility index (Phi) is 4.76. The van der Waals surface area contributed by atoms with Crippen LogP contribution in [0.15, 0.2) is 16.8 Å². The second-order valence-corrected chi connectivity index (χ2v) is 7.19. The summed E-state index contributed by atoms with van der Waals surface area (Å²) in [6, 6.07) is 2.63. The molecule has 3 rings (SSSR count). The van der Waals surface area contributed by atoms with Crippen LogP contribution in [0.5, 0.6) is 0 Å². The molecular weight excluding hydrogens is 266 g/mol. The molecular formula is C16H27N3S. The van der Waals surface area contributed by atoms with Crippen LogP contribution in [0, 0.1) is 0 Å². The maximum atomic E-state index is 5.99. The van der Waals surface area contributed by atoms with Gasteiger partial charge in [0.2, 0.25) is 0 Å². The van der Waals surface area contributed by atoms with Crippen molar-refractivity contribution in [2.24, 2.45) is 5.84 Å². The number of hydrogen-bond acceptors (Lipinski definition) is 4. The van der Waals surface area contributed by atoms with Crippen LogP contribution in [0.3, 0.4) is 0 Å². The number of rotatable bonds is 5. The third kappa shape index (κ3) is 2.80. The molecule has 3 nitrogen and oxygen atoms in total. The molecule has 3 N–H and O–H groups in total. The molecule has 1 saturated heterocycles. The van der Waals surface area contributed by atoms with Gasteiger partial charge < -0.3 is 0 Å². The van der Waals surface area contributed by atoms with Crippen LogP contribution in [0.1, 0.15) is 50.5 Å². The van der Waals surface area contributed by atoms with E-state index in [1.807, 2.05) is 0 Å². The number of hydrogen-bond donors (Lipinski definition) is 2. The first-order valence-corrected chi connectivity index (χ1v) is 9.02. The van der Waals surface area contributed by atoms with E-state index in [9.17, 15) is 0 Å². The van der Waals surface area contributed by atoms with E-state index in [2.05, 4.69) is 27.2 Å². The third-order valence-corrected chi connectivity index (χ3v) is 6.06. The lowest BCUT2D eigenvalue weighted by Gasteiger charge is -2.48. The standard InChI is InChI=1S/C16H27N3S/c17-18-15(12-14-6-11-20-13-14)16(7-2-3-8-16)19-9-4-1-5-10-19/h6,11,13,15,18H,1-5,7-10,12,17H2. The molecule has 112 valence electrons. The third-order valence-electron chi connectivity index (χ3n) is 5.32. The van der Waals surface area contributed by atoms with Gasteiger partial charge in [-0.25, -0.2) is 0 Å². The SMILES string of the molecule is NNC(Cc1ccsc1)C1(N2CCCCC2)CCCC1. The van der Waals surface area contributed by atoms with E-state index in [1.165, 1.54) is 63.6 Å². The Hall–Kier alpha value is -0.420. The van der Waals surface area contributed by atoms with Gasteiger partial charge in [0.1, 0.15) is 0 Å². The highest BCUT2D eigenvalue weighted by atomic mass is 32.1. The van der Waals surface area contributed by atoms with Gasteiger partial charge in [-0.2, -0.15) is 11.3 Å². The van der Waals surface area contributed by atoms with Gasteiger partial charge in [0.25, 0.3) is 0 Å². The number of nitrogens with two attached hydrogens (primary N) is 1. The fourth-order valence-corrected chi connectivity index (χ4v) is 4.94. The molecule has 20 heavy (non-hydrogen) atoms. The number of nitrogens with zero attached hydrogens (tertiary/aromatic N) is 1. The molecule has 0 radical (unpaired) electrons. The van der Waals surface area contributed by atoms with Crippen LogP contribution in [-0.4, -0.2) is 29.6 Å². The Bertz CT molecular complexity index is 392. The second-order valence-electron chi connectivity index (χ2n) is 6.41. The summed E-state index contributed by atoms with van der Waals surface area (Å²) in [5, 5.41) is 4.44. The average molecular weight is 293 g/mol. The summed E-state index contributed by atoms with van der Waals surface area (Å²) in [5.41, 5.74) is 4.92. The molecule has 0 amide bonds. The van der Waals surface area contributed by atoms with E-state index in [0.29, 0.717) is 11.6 Å². The zero-order chi connectivity index (χ0) is 13.8. The van der Waals surface area contributed by atoms with Crippen molar-refractivity contribution in [1.82, 2.24) is 10.3 Å². The summed E-state index contributed by atoms with van der Waals surface area (Å²) in [6.07, 6.45) is 10.5. The van der Waals surface area contributed by atoms with Gasteiger partial charge in [-0.05, 0) is 67.6 Å². The fourth-order valence-electron chi connectivity index (χ4n) is 4.26. The predicted molar refractivity (Wildman–Crippen MR) is 85.8 cm³/mol. The molecule has 0 aromatic carbocycles. The van der Waals surface area contributed by atoms with Crippen molar-refractivity contribution in [1.29, 1.82) is 0 Å². The van der Waals surface area contributed by atoms with E-state index in [-0.39, 0.29) is 0 Å². The quantitative estimate of drug-likeness (QED) is 0.648. The second kappa shape index (κ2) is 6.56. The maximum absolute atomic E-state index is 5.99. The zero-order valence-electron chi connectivity index (χ0n) is 12.3. The molecule has 2 fully saturated rings. The lowest BCUT2D eigenvalue weighted by atomic mass is 9.82. The van der Waals surface area contributed by atoms with Crippen LogP contribution in [0.2, 0.25) is 0 Å². The summed E-state index contributed by atoms with van der Waals surface area (Å²) in [7, 11) is 0. The average Bonchev–Trinajstić information content (AvgIpc) is 3.18. The van der Waals surface area contributed by atoms with Crippen molar-refractivity contribution in [2.45, 2.75) is 62.9 Å². The number of piperidine rings is 1. The lowest BCUT2D eigenvalue weighted by Crippen LogP contribution is -2.63. The number of likely N-dealkylation sites (tertiary alicyclic amines) is 1. The molecule has 4 heteroatoms. The molecule has 1 saturated carbocycles. The Morgan fingerprint density at radius 3 is 2.55 bits per heavy atom. The van der Waals surface area contributed by atoms with Crippen molar-refractivity contribution in [3.05, 3.63) is 22.4 Å². The lowest BCUT2D eigenvalue weighted by molar-refractivity contribution is 0.0366. The van der Waals surface area contributed by atoms with E-state index < -0.39 is 0 Å². The number of hydrazine groups is 1. The molecule has 0 bridgehead atoms. The molecule has 1 unspecified atom stereocenters. The summed E-state index contributed by atoms with van der Waals surface area (Å²) >= 11 is 1.79. The molecule has 2 aliphatic rings. The maximum Gasteiger partial charge on any atom is 0.0435 e. The largest absolute Gasteiger partial charge is 0.296 e. The minimum absolute atomic E-state index is 0.303. The highest BCUT2D eigenvalue weighted by Gasteiger charge is 2.45. The van der Waals surface area contributed by atoms with Crippen LogP contribution in [-0.2, 0) is 6.42 Å². The zero-order valence-corrected chi connectivity index (χ0v) is 13.1. The first kappa shape index (κ1) is 14.5. The van der Waals surface area contributed by atoms with Crippen LogP contribution in [0.4, 0.5) is 0 Å². The Morgan fingerprint density at radius 1 is 1.20 bits per heavy atom. The van der Waals surface area contributed by atoms with Crippen molar-refractivity contribution < 1.29 is 0 Å². The van der Waals surface area contributed by atoms with E-state index in [0.717, 1.165) is 6.42 Å². The monoisotopic (exact) mass is 293 g/mol. The first-order valence-electron chi connectivity index (χ1n) is 8.07. The minimum atomic E-state index is 0.303. The first-order chi connectivity index (χ1) is 9.85. The van der Waals surface area contributed by atoms with E-state index >= 15 is 0 Å². The topological polar surface area (TPSA) is 41.3 Å². The summed E-state index contributed by atoms with van der Waals surface area (Å²) in [5.74, 6) is 5.99. The summed E-state index contributed by atoms with van der Waals surface area (Å²) in [4.78, 5) is 2.76. The van der Waals surface area contributed by atoms with Crippen molar-refractivity contribution >= 4 is 11.3 Å². The van der Waals surface area contributed by atoms with E-state index in [4.69, 9.17) is 5.84 Å². The molecule has 1 aromatic heterocycles. The molecule has 1 atom stereocenters. The Morgan fingerprint density at radius 2 is 1.95 bits per heavy atom. The van der Waals surface area contributed by atoms with E-state index in [1.54, 1.807) is 11.3 Å². The molecule has 1 aromatic rings. The summed E-state index contributed by atoms with van der Waals surface area (Å²) < 4.78 is 0. The van der Waals surface area contributed by atoms with Gasteiger partial charge >= 0.3 is 0 Å². The Balaban J connectivity index is 1.79. The number of nitrogens with one attached hydrogen (secondary N) is 1. The highest BCUT2D eigenvalue weighted by molar-refractivity contribution is 7.07. The normalized spacial score (nSPS) is 24.9. The Labute approximate surface area is 126 Å². The summed E-state index contributed by atoms with van der Waals surface area (Å²) in [6.45, 7) is 2.53. The molecule has 1 aliphatic heterocycles. The van der Waals surface area contributed by atoms with Gasteiger partial charge in [0.05, 0.1) is 0 Å². The predicted octanol–water partition coefficient (Wildman–Crippen LogP) is 2.92. The minimum Gasteiger partial charge on any atom is -0.296 e. The van der Waals surface area contributed by atoms with Gasteiger partial charge in [-0.15, -0.1) is 0 Å². The van der Waals surface area contributed by atoms with Crippen molar-refractivity contribution in [2.75, 3.05) is 13.1 Å². The smallest absolute Gasteiger partial charge is 0.0435 e. The van der Waals surface area contributed by atoms with Crippen LogP contribution >= 0.6 is 11.3 Å². The van der Waals surface area contributed by atoms with Crippen molar-refractivity contribution in [3.8, 4) is 0 Å². The van der Waals surface area contributed by atoms with Crippen LogP contribution < -0.4 is 11.3 Å². The van der Waals surface area contributed by atoms with Gasteiger partial charge in [0, 0.05) is 11.6 Å². The highest BCUT2D eigenvalue weighted by Crippen LogP contribution is 2.40. The van der Waals surface area contributed by atoms with Crippen LogP contribution in [0.25, 0.3) is 0 Å². The fraction of sp³-hybridized carbons (Fsp3) is 0.750. The number of thiophene rings is 1. The van der Waals surface area contributed by atoms with Crippen molar-refractivity contribution in [3.63, 3.8) is 0 Å². The van der Waals surface area contributed by atoms with Gasteiger partial charge in [-0.3, -0.25) is 16.2 Å².